The van der Waals surface area contributed by atoms with Gasteiger partial charge in [0.1, 0.15) is 5.82 Å². The van der Waals surface area contributed by atoms with E-state index in [0.29, 0.717) is 4.90 Å². The lowest BCUT2D eigenvalue weighted by atomic mass is 10.1. The van der Waals surface area contributed by atoms with Crippen LogP contribution in [0.2, 0.25) is 0 Å². The van der Waals surface area contributed by atoms with E-state index in [0.717, 1.165) is 49.8 Å². The van der Waals surface area contributed by atoms with Crippen LogP contribution in [-0.2, 0) is 9.84 Å². The zero-order valence-electron chi connectivity index (χ0n) is 16.3. The molecule has 1 saturated heterocycles. The molecule has 0 amide bonds. The molecule has 0 N–H and O–H groups in total. The van der Waals surface area contributed by atoms with E-state index in [1.807, 2.05) is 12.1 Å². The van der Waals surface area contributed by atoms with Crippen LogP contribution in [0.1, 0.15) is 13.8 Å². The summed E-state index contributed by atoms with van der Waals surface area (Å²) in [4.78, 5) is 10.2. The van der Waals surface area contributed by atoms with Crippen LogP contribution in [0.25, 0.3) is 21.3 Å². The van der Waals surface area contributed by atoms with E-state index in [4.69, 9.17) is 4.98 Å². The molecule has 1 aliphatic heterocycles. The molecule has 0 aliphatic carbocycles. The normalized spacial score (nSPS) is 16.0. The van der Waals surface area contributed by atoms with Crippen molar-refractivity contribution in [2.45, 2.75) is 18.7 Å². The molecular weight excluding hydrogens is 390 g/mol. The Labute approximate surface area is 170 Å². The highest BCUT2D eigenvalue weighted by atomic mass is 32.2. The second kappa shape index (κ2) is 7.81. The van der Waals surface area contributed by atoms with Crippen LogP contribution in [0.5, 0.6) is 0 Å². The second-order valence-corrected chi connectivity index (χ2v) is 10.2. The topological polar surface area (TPSA) is 53.5 Å². The number of rotatable bonds is 5. The molecule has 1 aliphatic rings. The zero-order valence-corrected chi connectivity index (χ0v) is 17.9. The van der Waals surface area contributed by atoms with E-state index in [1.165, 1.54) is 10.1 Å². The number of likely N-dealkylation sites (N-methyl/N-ethyl adjacent to an activating group) is 1. The summed E-state index contributed by atoms with van der Waals surface area (Å²) >= 11 is 1.73. The number of aromatic nitrogens is 1. The minimum atomic E-state index is -3.19. The van der Waals surface area contributed by atoms with Gasteiger partial charge in [0.05, 0.1) is 21.0 Å². The van der Waals surface area contributed by atoms with Crippen LogP contribution in [-0.4, -0.2) is 56.8 Å². The third kappa shape index (κ3) is 3.66. The molecule has 5 nitrogen and oxygen atoms in total. The van der Waals surface area contributed by atoms with E-state index in [9.17, 15) is 8.42 Å². The SMILES string of the molecule is CCN1CCN(c2nc(-c3ccc(S(=O)(=O)CC)cc3)cc3ccsc23)CC1. The van der Waals surface area contributed by atoms with Gasteiger partial charge in [0, 0.05) is 31.7 Å². The van der Waals surface area contributed by atoms with Gasteiger partial charge in [-0.15, -0.1) is 11.3 Å². The first-order chi connectivity index (χ1) is 13.5. The van der Waals surface area contributed by atoms with Gasteiger partial charge in [0.15, 0.2) is 9.84 Å². The quantitative estimate of drug-likeness (QED) is 0.633. The summed E-state index contributed by atoms with van der Waals surface area (Å²) in [7, 11) is -3.19. The molecule has 1 fully saturated rings. The van der Waals surface area contributed by atoms with Crippen LogP contribution >= 0.6 is 11.3 Å². The van der Waals surface area contributed by atoms with Crippen molar-refractivity contribution in [2.75, 3.05) is 43.4 Å². The number of thiophene rings is 1. The number of pyridine rings is 1. The summed E-state index contributed by atoms with van der Waals surface area (Å²) in [5, 5.41) is 3.30. The molecule has 0 spiro atoms. The number of fused-ring (bicyclic) bond motifs is 1. The summed E-state index contributed by atoms with van der Waals surface area (Å²) in [6.45, 7) is 9.02. The van der Waals surface area contributed by atoms with Crippen molar-refractivity contribution < 1.29 is 8.42 Å². The lowest BCUT2D eigenvalue weighted by Crippen LogP contribution is -2.46. The summed E-state index contributed by atoms with van der Waals surface area (Å²) in [5.74, 6) is 1.16. The van der Waals surface area contributed by atoms with Crippen LogP contribution in [0.4, 0.5) is 5.82 Å². The monoisotopic (exact) mass is 415 g/mol. The molecule has 0 saturated carbocycles. The molecule has 0 bridgehead atoms. The smallest absolute Gasteiger partial charge is 0.178 e. The minimum absolute atomic E-state index is 0.110. The number of hydrogen-bond donors (Lipinski definition) is 0. The maximum atomic E-state index is 12.1. The molecule has 1 aromatic carbocycles. The Morgan fingerprint density at radius 3 is 2.39 bits per heavy atom. The molecular formula is C21H25N3O2S2. The van der Waals surface area contributed by atoms with Crippen LogP contribution in [0.15, 0.2) is 46.7 Å². The number of sulfone groups is 1. The van der Waals surface area contributed by atoms with Crippen LogP contribution < -0.4 is 4.90 Å². The molecule has 3 aromatic rings. The lowest BCUT2D eigenvalue weighted by Gasteiger charge is -2.35. The van der Waals surface area contributed by atoms with Gasteiger partial charge in [-0.25, -0.2) is 13.4 Å². The maximum absolute atomic E-state index is 12.1. The average Bonchev–Trinajstić information content (AvgIpc) is 3.22. The van der Waals surface area contributed by atoms with Gasteiger partial charge in [-0.1, -0.05) is 26.0 Å². The van der Waals surface area contributed by atoms with Crippen molar-refractivity contribution >= 4 is 37.1 Å². The maximum Gasteiger partial charge on any atom is 0.178 e. The van der Waals surface area contributed by atoms with Gasteiger partial charge in [-0.3, -0.25) is 0 Å². The molecule has 7 heteroatoms. The predicted molar refractivity (Wildman–Crippen MR) is 117 cm³/mol. The summed E-state index contributed by atoms with van der Waals surface area (Å²) in [6.07, 6.45) is 0. The van der Waals surface area contributed by atoms with Crippen molar-refractivity contribution in [1.29, 1.82) is 0 Å². The second-order valence-electron chi connectivity index (χ2n) is 7.02. The highest BCUT2D eigenvalue weighted by molar-refractivity contribution is 7.91. The third-order valence-electron chi connectivity index (χ3n) is 5.43. The average molecular weight is 416 g/mol. The molecule has 0 atom stereocenters. The van der Waals surface area contributed by atoms with E-state index in [-0.39, 0.29) is 5.75 Å². The van der Waals surface area contributed by atoms with Gasteiger partial charge in [-0.2, -0.15) is 0 Å². The lowest BCUT2D eigenvalue weighted by molar-refractivity contribution is 0.271. The van der Waals surface area contributed by atoms with Gasteiger partial charge >= 0.3 is 0 Å². The van der Waals surface area contributed by atoms with Crippen molar-refractivity contribution in [3.63, 3.8) is 0 Å². The van der Waals surface area contributed by atoms with Crippen LogP contribution in [0.3, 0.4) is 0 Å². The molecule has 28 heavy (non-hydrogen) atoms. The fraction of sp³-hybridized carbons (Fsp3) is 0.381. The molecule has 4 rings (SSSR count). The summed E-state index contributed by atoms with van der Waals surface area (Å²) in [5.41, 5.74) is 1.83. The number of benzene rings is 1. The van der Waals surface area contributed by atoms with Crippen molar-refractivity contribution in [3.8, 4) is 11.3 Å². The minimum Gasteiger partial charge on any atom is -0.353 e. The Morgan fingerprint density at radius 2 is 1.75 bits per heavy atom. The molecule has 148 valence electrons. The van der Waals surface area contributed by atoms with Gasteiger partial charge < -0.3 is 9.80 Å². The Hall–Kier alpha value is -1.96. The number of nitrogens with zero attached hydrogens (tertiary/aromatic N) is 3. The van der Waals surface area contributed by atoms with E-state index in [2.05, 4.69) is 34.2 Å². The fourth-order valence-corrected chi connectivity index (χ4v) is 5.37. The summed E-state index contributed by atoms with van der Waals surface area (Å²) in [6, 6.07) is 11.3. The first kappa shape index (κ1) is 19.4. The number of piperazine rings is 1. The van der Waals surface area contributed by atoms with Gasteiger partial charge in [-0.05, 0) is 41.6 Å². The first-order valence-electron chi connectivity index (χ1n) is 9.70. The Kier molecular flexibility index (Phi) is 5.40. The molecule has 0 unspecified atom stereocenters. The van der Waals surface area contributed by atoms with Gasteiger partial charge in [0.2, 0.25) is 0 Å². The molecule has 3 heterocycles. The first-order valence-corrected chi connectivity index (χ1v) is 12.2. The zero-order chi connectivity index (χ0) is 19.7. The van der Waals surface area contributed by atoms with E-state index in [1.54, 1.807) is 30.4 Å². The molecule has 2 aromatic heterocycles. The number of anilines is 1. The van der Waals surface area contributed by atoms with Crippen LogP contribution in [0, 0.1) is 0 Å². The Bertz CT molecular complexity index is 1070. The highest BCUT2D eigenvalue weighted by Gasteiger charge is 2.20. The Balaban J connectivity index is 1.71. The van der Waals surface area contributed by atoms with Crippen molar-refractivity contribution in [1.82, 2.24) is 9.88 Å². The molecule has 0 radical (unpaired) electrons. The fourth-order valence-electron chi connectivity index (χ4n) is 3.60. The standard InChI is InChI=1S/C21H25N3O2S2/c1-3-23-10-12-24(13-11-23)21-20-17(9-14-27-20)15-19(22-21)16-5-7-18(8-6-16)28(25,26)4-2/h5-9,14-15H,3-4,10-13H2,1-2H3. The number of hydrogen-bond acceptors (Lipinski definition) is 6. The van der Waals surface area contributed by atoms with Gasteiger partial charge in [0.25, 0.3) is 0 Å². The summed E-state index contributed by atoms with van der Waals surface area (Å²) < 4.78 is 25.4. The predicted octanol–water partition coefficient (Wildman–Crippen LogP) is 3.90. The Morgan fingerprint density at radius 1 is 1.04 bits per heavy atom. The highest BCUT2D eigenvalue weighted by Crippen LogP contribution is 2.34. The largest absolute Gasteiger partial charge is 0.353 e. The van der Waals surface area contributed by atoms with E-state index >= 15 is 0 Å². The van der Waals surface area contributed by atoms with Crippen molar-refractivity contribution in [2.24, 2.45) is 0 Å². The third-order valence-corrected chi connectivity index (χ3v) is 8.10. The van der Waals surface area contributed by atoms with Crippen molar-refractivity contribution in [3.05, 3.63) is 41.8 Å². The van der Waals surface area contributed by atoms with E-state index < -0.39 is 9.84 Å².